The largest absolute Gasteiger partial charge is 0.491 e. The van der Waals surface area contributed by atoms with Crippen LogP contribution < -0.4 is 20.6 Å². The number of benzene rings is 2. The van der Waals surface area contributed by atoms with E-state index in [4.69, 9.17) is 19.9 Å². The average Bonchev–Trinajstić information content (AvgIpc) is 3.19. The number of hydrazone groups is 1. The van der Waals surface area contributed by atoms with E-state index in [1.807, 2.05) is 48.5 Å². The highest BCUT2D eigenvalue weighted by Crippen LogP contribution is 2.22. The minimum atomic E-state index is -0.319. The van der Waals surface area contributed by atoms with Crippen molar-refractivity contribution in [1.82, 2.24) is 15.6 Å². The Kier molecular flexibility index (Phi) is 9.41. The third-order valence-corrected chi connectivity index (χ3v) is 5.13. The molecule has 3 aromatic rings. The van der Waals surface area contributed by atoms with Gasteiger partial charge in [0.2, 0.25) is 11.0 Å². The lowest BCUT2D eigenvalue weighted by molar-refractivity contribution is -0.120. The number of nitrogens with zero attached hydrogens (tertiary/aromatic N) is 3. The van der Waals surface area contributed by atoms with Gasteiger partial charge in [0, 0.05) is 10.0 Å². The van der Waals surface area contributed by atoms with Gasteiger partial charge in [-0.05, 0) is 30.3 Å². The topological polar surface area (TPSA) is 121 Å². The maximum Gasteiger partial charge on any atom is 0.247 e. The summed E-state index contributed by atoms with van der Waals surface area (Å²) in [6.45, 7) is 1.69. The van der Waals surface area contributed by atoms with Gasteiger partial charge in [-0.3, -0.25) is 4.79 Å². The van der Waals surface area contributed by atoms with E-state index in [9.17, 15) is 4.79 Å². The fraction of sp³-hybridized carbons (Fsp3) is 0.238. The summed E-state index contributed by atoms with van der Waals surface area (Å²) in [5, 5.41) is 12.3. The van der Waals surface area contributed by atoms with Gasteiger partial charge in [-0.15, -0.1) is 10.2 Å². The molecule has 0 atom stereocenters. The molecule has 0 saturated heterocycles. The van der Waals surface area contributed by atoms with Gasteiger partial charge in [-0.1, -0.05) is 45.5 Å². The molecule has 32 heavy (non-hydrogen) atoms. The van der Waals surface area contributed by atoms with E-state index in [-0.39, 0.29) is 12.3 Å². The lowest BCUT2D eigenvalue weighted by Crippen LogP contribution is -2.19. The lowest BCUT2D eigenvalue weighted by Gasteiger charge is -2.10. The molecule has 0 radical (unpaired) electrons. The van der Waals surface area contributed by atoms with Gasteiger partial charge in [-0.2, -0.15) is 5.10 Å². The maximum absolute atomic E-state index is 12.0. The average molecular weight is 520 g/mol. The molecule has 1 heterocycles. The van der Waals surface area contributed by atoms with E-state index in [1.54, 1.807) is 0 Å². The summed E-state index contributed by atoms with van der Waals surface area (Å²) in [6.07, 6.45) is 1.57. The summed E-state index contributed by atoms with van der Waals surface area (Å²) in [4.78, 5) is 12.0. The van der Waals surface area contributed by atoms with Crippen LogP contribution in [0.25, 0.3) is 0 Å². The van der Waals surface area contributed by atoms with Gasteiger partial charge in [0.15, 0.2) is 0 Å². The van der Waals surface area contributed by atoms with E-state index in [1.165, 1.54) is 6.21 Å². The Balaban J connectivity index is 1.39. The third-order valence-electron chi connectivity index (χ3n) is 3.88. The SMILES string of the molecule is Nc1nnc(CC(=O)N/N=C\c2cc(Br)ccc2OCCOCCOc2ccccc2)s1. The van der Waals surface area contributed by atoms with Gasteiger partial charge < -0.3 is 19.9 Å². The predicted molar refractivity (Wildman–Crippen MR) is 126 cm³/mol. The summed E-state index contributed by atoms with van der Waals surface area (Å²) in [5.74, 6) is 1.11. The van der Waals surface area contributed by atoms with Crippen LogP contribution in [0.2, 0.25) is 0 Å². The first-order chi connectivity index (χ1) is 15.6. The molecule has 1 aromatic heterocycles. The first kappa shape index (κ1) is 23.6. The van der Waals surface area contributed by atoms with Gasteiger partial charge in [-0.25, -0.2) is 5.43 Å². The molecule has 3 N–H and O–H groups in total. The monoisotopic (exact) mass is 519 g/mol. The fourth-order valence-corrected chi connectivity index (χ4v) is 3.47. The van der Waals surface area contributed by atoms with Crippen molar-refractivity contribution in [2.75, 3.05) is 32.2 Å². The predicted octanol–water partition coefficient (Wildman–Crippen LogP) is 3.05. The highest BCUT2D eigenvalue weighted by Gasteiger charge is 2.08. The molecular weight excluding hydrogens is 498 g/mol. The number of rotatable bonds is 12. The van der Waals surface area contributed by atoms with Crippen LogP contribution in [0.4, 0.5) is 5.13 Å². The number of halogens is 1. The first-order valence-electron chi connectivity index (χ1n) is 9.68. The summed E-state index contributed by atoms with van der Waals surface area (Å²) < 4.78 is 17.8. The number of hydrogen-bond acceptors (Lipinski definition) is 9. The van der Waals surface area contributed by atoms with E-state index in [2.05, 4.69) is 36.7 Å². The number of aromatic nitrogens is 2. The van der Waals surface area contributed by atoms with Crippen LogP contribution in [0.5, 0.6) is 11.5 Å². The van der Waals surface area contributed by atoms with Crippen LogP contribution in [-0.4, -0.2) is 48.7 Å². The first-order valence-corrected chi connectivity index (χ1v) is 11.3. The van der Waals surface area contributed by atoms with Crippen molar-refractivity contribution in [3.63, 3.8) is 0 Å². The zero-order valence-electron chi connectivity index (χ0n) is 17.1. The molecule has 3 rings (SSSR count). The number of ether oxygens (including phenoxy) is 3. The van der Waals surface area contributed by atoms with E-state index >= 15 is 0 Å². The zero-order valence-corrected chi connectivity index (χ0v) is 19.5. The Bertz CT molecular complexity index is 1030. The molecule has 0 aliphatic rings. The van der Waals surface area contributed by atoms with Crippen molar-refractivity contribution in [3.8, 4) is 11.5 Å². The molecule has 0 fully saturated rings. The Hall–Kier alpha value is -3.02. The smallest absolute Gasteiger partial charge is 0.247 e. The standard InChI is InChI=1S/C21H22BrN5O4S/c22-16-6-7-18(31-11-9-29-8-10-30-17-4-2-1-3-5-17)15(12-16)14-24-25-19(28)13-20-26-27-21(23)32-20/h1-7,12,14H,8-11,13H2,(H2,23,27)(H,25,28)/b24-14-. The van der Waals surface area contributed by atoms with Gasteiger partial charge in [0.05, 0.1) is 25.8 Å². The zero-order chi connectivity index (χ0) is 22.6. The number of amides is 1. The van der Waals surface area contributed by atoms with Crippen LogP contribution in [0.3, 0.4) is 0 Å². The molecule has 2 aromatic carbocycles. The second-order valence-electron chi connectivity index (χ2n) is 6.31. The van der Waals surface area contributed by atoms with Crippen LogP contribution >= 0.6 is 27.3 Å². The number of carbonyl (C=O) groups excluding carboxylic acids is 1. The summed E-state index contributed by atoms with van der Waals surface area (Å²) in [6, 6.07) is 15.1. The third kappa shape index (κ3) is 8.25. The number of nitrogens with one attached hydrogen (secondary N) is 1. The Morgan fingerprint density at radius 3 is 2.62 bits per heavy atom. The summed E-state index contributed by atoms with van der Waals surface area (Å²) >= 11 is 4.59. The molecular formula is C21H22BrN5O4S. The second kappa shape index (κ2) is 12.7. The molecule has 0 bridgehead atoms. The highest BCUT2D eigenvalue weighted by molar-refractivity contribution is 9.10. The normalized spacial score (nSPS) is 10.9. The van der Waals surface area contributed by atoms with E-state index in [0.29, 0.717) is 47.9 Å². The van der Waals surface area contributed by atoms with Crippen molar-refractivity contribution in [2.45, 2.75) is 6.42 Å². The number of nitrogens with two attached hydrogens (primary N) is 1. The Labute approximate surface area is 197 Å². The molecule has 168 valence electrons. The number of para-hydroxylation sites is 1. The van der Waals surface area contributed by atoms with Crippen molar-refractivity contribution in [3.05, 3.63) is 63.6 Å². The minimum Gasteiger partial charge on any atom is -0.491 e. The van der Waals surface area contributed by atoms with Crippen molar-refractivity contribution < 1.29 is 19.0 Å². The number of hydrogen-bond donors (Lipinski definition) is 2. The van der Waals surface area contributed by atoms with Crippen molar-refractivity contribution in [2.24, 2.45) is 5.10 Å². The molecule has 0 saturated carbocycles. The number of carbonyl (C=O) groups is 1. The lowest BCUT2D eigenvalue weighted by atomic mass is 10.2. The summed E-state index contributed by atoms with van der Waals surface area (Å²) in [5.41, 5.74) is 8.67. The Morgan fingerprint density at radius 1 is 1.09 bits per heavy atom. The fourth-order valence-electron chi connectivity index (χ4n) is 2.49. The van der Waals surface area contributed by atoms with E-state index < -0.39 is 0 Å². The van der Waals surface area contributed by atoms with Crippen molar-refractivity contribution in [1.29, 1.82) is 0 Å². The second-order valence-corrected chi connectivity index (χ2v) is 8.32. The Morgan fingerprint density at radius 2 is 1.88 bits per heavy atom. The van der Waals surface area contributed by atoms with Gasteiger partial charge in [0.1, 0.15) is 29.7 Å². The highest BCUT2D eigenvalue weighted by atomic mass is 79.9. The molecule has 0 spiro atoms. The summed E-state index contributed by atoms with van der Waals surface area (Å²) in [7, 11) is 0. The number of anilines is 1. The molecule has 0 unspecified atom stereocenters. The van der Waals surface area contributed by atoms with E-state index in [0.717, 1.165) is 21.6 Å². The quantitative estimate of drug-likeness (QED) is 0.214. The van der Waals surface area contributed by atoms with Gasteiger partial charge in [0.25, 0.3) is 0 Å². The molecule has 0 aliphatic carbocycles. The van der Waals surface area contributed by atoms with Crippen LogP contribution in [0.15, 0.2) is 58.1 Å². The molecule has 0 aliphatic heterocycles. The van der Waals surface area contributed by atoms with Crippen molar-refractivity contribution >= 4 is 44.5 Å². The molecule has 11 heteroatoms. The van der Waals surface area contributed by atoms with Crippen LogP contribution in [0.1, 0.15) is 10.6 Å². The number of nitrogen functional groups attached to an aromatic ring is 1. The van der Waals surface area contributed by atoms with Crippen LogP contribution in [0, 0.1) is 0 Å². The molecule has 9 nitrogen and oxygen atoms in total. The maximum atomic E-state index is 12.0. The minimum absolute atomic E-state index is 0.0549. The van der Waals surface area contributed by atoms with Gasteiger partial charge >= 0.3 is 0 Å². The van der Waals surface area contributed by atoms with Crippen LogP contribution in [-0.2, 0) is 16.0 Å². The molecule has 1 amide bonds.